The van der Waals surface area contributed by atoms with Crippen molar-refractivity contribution in [3.63, 3.8) is 0 Å². The molecule has 4 heteroatoms. The molecule has 0 atom stereocenters. The highest BCUT2D eigenvalue weighted by molar-refractivity contribution is 5.67. The summed E-state index contributed by atoms with van der Waals surface area (Å²) in [5, 5.41) is 3.26. The number of hydrogen-bond acceptors (Lipinski definition) is 4. The fraction of sp³-hybridized carbons (Fsp3) is 0.308. The molecule has 0 fully saturated rings. The van der Waals surface area contributed by atoms with Gasteiger partial charge in [0.15, 0.2) is 5.82 Å². The minimum Gasteiger partial charge on any atom is -0.368 e. The molecule has 0 aliphatic rings. The molecule has 1 N–H and O–H groups in total. The smallest absolute Gasteiger partial charge is 0.154 e. The Morgan fingerprint density at radius 2 is 1.94 bits per heavy atom. The number of anilines is 1. The molecule has 0 saturated carbocycles. The first kappa shape index (κ1) is 11.5. The monoisotopic (exact) mass is 228 g/mol. The summed E-state index contributed by atoms with van der Waals surface area (Å²) in [4.78, 5) is 13.0. The second kappa shape index (κ2) is 5.39. The Bertz CT molecular complexity index is 479. The third-order valence-corrected chi connectivity index (χ3v) is 2.39. The topological polar surface area (TPSA) is 50.7 Å². The maximum atomic E-state index is 4.37. The Balaban J connectivity index is 2.33. The molecule has 0 saturated heterocycles. The second-order valence-corrected chi connectivity index (χ2v) is 3.90. The molecule has 2 heterocycles. The molecule has 0 aliphatic carbocycles. The average Bonchev–Trinajstić information content (AvgIpc) is 2.38. The molecule has 2 aromatic heterocycles. The van der Waals surface area contributed by atoms with Crippen LogP contribution in [0.25, 0.3) is 11.4 Å². The first-order valence-electron chi connectivity index (χ1n) is 5.79. The van der Waals surface area contributed by atoms with Crippen LogP contribution in [0.4, 0.5) is 5.82 Å². The normalized spacial score (nSPS) is 10.2. The van der Waals surface area contributed by atoms with Crippen LogP contribution in [0.1, 0.15) is 18.9 Å². The largest absolute Gasteiger partial charge is 0.368 e. The molecule has 88 valence electrons. The van der Waals surface area contributed by atoms with Crippen molar-refractivity contribution in [2.24, 2.45) is 0 Å². The summed E-state index contributed by atoms with van der Waals surface area (Å²) < 4.78 is 0. The van der Waals surface area contributed by atoms with Gasteiger partial charge in [0.2, 0.25) is 0 Å². The van der Waals surface area contributed by atoms with Crippen molar-refractivity contribution in [2.45, 2.75) is 20.3 Å². The van der Waals surface area contributed by atoms with Crippen LogP contribution in [0.5, 0.6) is 0 Å². The van der Waals surface area contributed by atoms with Gasteiger partial charge in [0.1, 0.15) is 5.69 Å². The van der Waals surface area contributed by atoms with Crippen LogP contribution in [0.2, 0.25) is 0 Å². The summed E-state index contributed by atoms with van der Waals surface area (Å²) in [6.07, 6.45) is 6.27. The SMILES string of the molecule is CCCNc1nccnc1-c1ccc(C)cn1. The van der Waals surface area contributed by atoms with Gasteiger partial charge in [0.25, 0.3) is 0 Å². The van der Waals surface area contributed by atoms with E-state index in [9.17, 15) is 0 Å². The third kappa shape index (κ3) is 2.78. The Labute approximate surface area is 101 Å². The quantitative estimate of drug-likeness (QED) is 0.874. The predicted octanol–water partition coefficient (Wildman–Crippen LogP) is 2.67. The van der Waals surface area contributed by atoms with Crippen molar-refractivity contribution in [1.82, 2.24) is 15.0 Å². The maximum Gasteiger partial charge on any atom is 0.154 e. The van der Waals surface area contributed by atoms with Crippen LogP contribution in [0.15, 0.2) is 30.7 Å². The first-order valence-corrected chi connectivity index (χ1v) is 5.79. The molecule has 17 heavy (non-hydrogen) atoms. The van der Waals surface area contributed by atoms with Crippen LogP contribution in [0, 0.1) is 6.92 Å². The van der Waals surface area contributed by atoms with Crippen LogP contribution >= 0.6 is 0 Å². The van der Waals surface area contributed by atoms with Gasteiger partial charge in [-0.25, -0.2) is 9.97 Å². The number of nitrogens with zero attached hydrogens (tertiary/aromatic N) is 3. The highest BCUT2D eigenvalue weighted by Crippen LogP contribution is 2.21. The highest BCUT2D eigenvalue weighted by atomic mass is 15.0. The van der Waals surface area contributed by atoms with E-state index in [0.29, 0.717) is 0 Å². The van der Waals surface area contributed by atoms with Crippen molar-refractivity contribution >= 4 is 5.82 Å². The predicted molar refractivity (Wildman–Crippen MR) is 68.8 cm³/mol. The van der Waals surface area contributed by atoms with E-state index in [1.165, 1.54) is 0 Å². The number of aryl methyl sites for hydroxylation is 1. The van der Waals surface area contributed by atoms with Gasteiger partial charge in [-0.3, -0.25) is 4.98 Å². The summed E-state index contributed by atoms with van der Waals surface area (Å²) >= 11 is 0. The van der Waals surface area contributed by atoms with E-state index in [1.54, 1.807) is 12.4 Å². The zero-order chi connectivity index (χ0) is 12.1. The lowest BCUT2D eigenvalue weighted by atomic mass is 10.2. The lowest BCUT2D eigenvalue weighted by molar-refractivity contribution is 0.965. The Kier molecular flexibility index (Phi) is 3.65. The lowest BCUT2D eigenvalue weighted by Crippen LogP contribution is -2.05. The Morgan fingerprint density at radius 3 is 2.65 bits per heavy atom. The van der Waals surface area contributed by atoms with E-state index >= 15 is 0 Å². The molecular formula is C13H16N4. The maximum absolute atomic E-state index is 4.37. The second-order valence-electron chi connectivity index (χ2n) is 3.90. The molecule has 0 bridgehead atoms. The summed E-state index contributed by atoms with van der Waals surface area (Å²) in [6.45, 7) is 5.02. The number of pyridine rings is 1. The van der Waals surface area contributed by atoms with E-state index in [4.69, 9.17) is 0 Å². The Morgan fingerprint density at radius 1 is 1.12 bits per heavy atom. The fourth-order valence-corrected chi connectivity index (χ4v) is 1.51. The van der Waals surface area contributed by atoms with E-state index in [2.05, 4.69) is 27.2 Å². The molecule has 4 nitrogen and oxygen atoms in total. The molecule has 2 rings (SSSR count). The molecule has 0 radical (unpaired) electrons. The molecule has 0 aliphatic heterocycles. The van der Waals surface area contributed by atoms with Crippen molar-refractivity contribution < 1.29 is 0 Å². The highest BCUT2D eigenvalue weighted by Gasteiger charge is 2.07. The Hall–Kier alpha value is -1.97. The number of hydrogen-bond donors (Lipinski definition) is 1. The van der Waals surface area contributed by atoms with Crippen molar-refractivity contribution in [1.29, 1.82) is 0 Å². The van der Waals surface area contributed by atoms with E-state index in [-0.39, 0.29) is 0 Å². The molecule has 0 spiro atoms. The minimum atomic E-state index is 0.797. The van der Waals surface area contributed by atoms with Gasteiger partial charge in [-0.1, -0.05) is 13.0 Å². The van der Waals surface area contributed by atoms with E-state index in [1.807, 2.05) is 25.3 Å². The van der Waals surface area contributed by atoms with Gasteiger partial charge < -0.3 is 5.32 Å². The van der Waals surface area contributed by atoms with Crippen LogP contribution in [-0.2, 0) is 0 Å². The summed E-state index contributed by atoms with van der Waals surface area (Å²) in [6, 6.07) is 4.00. The van der Waals surface area contributed by atoms with Crippen LogP contribution < -0.4 is 5.32 Å². The van der Waals surface area contributed by atoms with Gasteiger partial charge in [0, 0.05) is 25.1 Å². The van der Waals surface area contributed by atoms with Crippen molar-refractivity contribution in [3.8, 4) is 11.4 Å². The number of nitrogens with one attached hydrogen (secondary N) is 1. The third-order valence-electron chi connectivity index (χ3n) is 2.39. The molecule has 0 unspecified atom stereocenters. The molecule has 0 aromatic carbocycles. The van der Waals surface area contributed by atoms with E-state index < -0.39 is 0 Å². The molecule has 0 amide bonds. The van der Waals surface area contributed by atoms with Gasteiger partial charge in [-0.05, 0) is 25.0 Å². The van der Waals surface area contributed by atoms with Crippen LogP contribution in [0.3, 0.4) is 0 Å². The first-order chi connectivity index (χ1) is 8.31. The minimum absolute atomic E-state index is 0.797. The molecular weight excluding hydrogens is 212 g/mol. The summed E-state index contributed by atoms with van der Waals surface area (Å²) in [5.41, 5.74) is 2.80. The summed E-state index contributed by atoms with van der Waals surface area (Å²) in [7, 11) is 0. The fourth-order valence-electron chi connectivity index (χ4n) is 1.51. The van der Waals surface area contributed by atoms with Crippen LogP contribution in [-0.4, -0.2) is 21.5 Å². The van der Waals surface area contributed by atoms with Gasteiger partial charge in [-0.2, -0.15) is 0 Å². The number of aromatic nitrogens is 3. The van der Waals surface area contributed by atoms with Crippen molar-refractivity contribution in [3.05, 3.63) is 36.3 Å². The molecule has 2 aromatic rings. The van der Waals surface area contributed by atoms with Gasteiger partial charge in [-0.15, -0.1) is 0 Å². The van der Waals surface area contributed by atoms with Crippen molar-refractivity contribution in [2.75, 3.05) is 11.9 Å². The standard InChI is InChI=1S/C13H16N4/c1-3-6-15-13-12(14-7-8-16-13)11-5-4-10(2)9-17-11/h4-5,7-9H,3,6H2,1-2H3,(H,15,16). The summed E-state index contributed by atoms with van der Waals surface area (Å²) in [5.74, 6) is 0.797. The lowest BCUT2D eigenvalue weighted by Gasteiger charge is -2.08. The zero-order valence-corrected chi connectivity index (χ0v) is 10.1. The van der Waals surface area contributed by atoms with Gasteiger partial charge >= 0.3 is 0 Å². The number of rotatable bonds is 4. The van der Waals surface area contributed by atoms with E-state index in [0.717, 1.165) is 35.7 Å². The van der Waals surface area contributed by atoms with Gasteiger partial charge in [0.05, 0.1) is 5.69 Å². The average molecular weight is 228 g/mol. The zero-order valence-electron chi connectivity index (χ0n) is 10.1.